The Hall–Kier alpha value is -3.52. The van der Waals surface area contributed by atoms with Crippen LogP contribution in [0.1, 0.15) is 39.3 Å². The number of nitrogens with two attached hydrogens (primary N) is 2. The van der Waals surface area contributed by atoms with Crippen molar-refractivity contribution in [2.24, 2.45) is 17.4 Å². The molecule has 14 heteroatoms. The number of primary amides is 1. The van der Waals surface area contributed by atoms with Crippen LogP contribution in [0.4, 0.5) is 0 Å². The number of aliphatic carboxylic acids is 1. The monoisotopic (exact) mass is 483 g/mol. The number of hydrogen-bond donors (Lipinski definition) is 8. The van der Waals surface area contributed by atoms with Gasteiger partial charge in [0.05, 0.1) is 18.9 Å². The summed E-state index contributed by atoms with van der Waals surface area (Å²) in [6.45, 7) is 4.85. The lowest BCUT2D eigenvalue weighted by Crippen LogP contribution is -2.59. The van der Waals surface area contributed by atoms with Gasteiger partial charge in [0.2, 0.25) is 23.6 Å². The number of aliphatic hydroxyl groups is 1. The predicted molar refractivity (Wildman–Crippen MR) is 119 cm³/mol. The van der Waals surface area contributed by atoms with Crippen molar-refractivity contribution in [2.45, 2.75) is 70.3 Å². The van der Waals surface area contributed by atoms with Crippen molar-refractivity contribution < 1.29 is 34.2 Å². The van der Waals surface area contributed by atoms with E-state index in [1.165, 1.54) is 19.4 Å². The molecule has 1 heterocycles. The van der Waals surface area contributed by atoms with Crippen molar-refractivity contribution in [1.82, 2.24) is 25.9 Å². The van der Waals surface area contributed by atoms with Crippen LogP contribution in [0, 0.1) is 5.92 Å². The van der Waals surface area contributed by atoms with Crippen LogP contribution in [0.15, 0.2) is 12.5 Å². The number of aromatic nitrogens is 2. The van der Waals surface area contributed by atoms with E-state index in [1.807, 2.05) is 0 Å². The second kappa shape index (κ2) is 13.3. The lowest BCUT2D eigenvalue weighted by Gasteiger charge is -2.26. The van der Waals surface area contributed by atoms with E-state index < -0.39 is 66.3 Å². The van der Waals surface area contributed by atoms with Crippen LogP contribution in [0.5, 0.6) is 0 Å². The molecule has 0 bridgehead atoms. The highest BCUT2D eigenvalue weighted by Gasteiger charge is 2.32. The van der Waals surface area contributed by atoms with Gasteiger partial charge in [0.25, 0.3) is 0 Å². The third kappa shape index (κ3) is 9.54. The maximum Gasteiger partial charge on any atom is 0.326 e. The highest BCUT2D eigenvalue weighted by atomic mass is 16.4. The number of imidazole rings is 1. The summed E-state index contributed by atoms with van der Waals surface area (Å²) in [6, 6.07) is -5.30. The van der Waals surface area contributed by atoms with Crippen molar-refractivity contribution in [3.63, 3.8) is 0 Å². The average molecular weight is 484 g/mol. The summed E-state index contributed by atoms with van der Waals surface area (Å²) in [6.07, 6.45) is 1.05. The van der Waals surface area contributed by atoms with Gasteiger partial charge in [-0.15, -0.1) is 0 Å². The zero-order valence-corrected chi connectivity index (χ0v) is 19.3. The van der Waals surface area contributed by atoms with E-state index in [-0.39, 0.29) is 18.8 Å². The SMILES string of the molecule is CC(C)CC(NC(=O)C(CC(N)=O)NC(=O)C(N)C(C)O)C(=O)NC(Cc1cnc[nH]1)C(=O)O. The zero-order valence-electron chi connectivity index (χ0n) is 19.3. The minimum atomic E-state index is -1.46. The number of aliphatic hydroxyl groups excluding tert-OH is 1. The van der Waals surface area contributed by atoms with Gasteiger partial charge in [-0.2, -0.15) is 0 Å². The maximum atomic E-state index is 12.9. The van der Waals surface area contributed by atoms with Crippen LogP contribution < -0.4 is 27.4 Å². The van der Waals surface area contributed by atoms with Crippen molar-refractivity contribution in [2.75, 3.05) is 0 Å². The highest BCUT2D eigenvalue weighted by molar-refractivity contribution is 5.96. The normalized spacial score (nSPS) is 15.5. The Morgan fingerprint density at radius 3 is 2.03 bits per heavy atom. The molecule has 0 aliphatic heterocycles. The average Bonchev–Trinajstić information content (AvgIpc) is 3.23. The van der Waals surface area contributed by atoms with Crippen LogP contribution in [-0.2, 0) is 30.4 Å². The van der Waals surface area contributed by atoms with Crippen LogP contribution in [0.3, 0.4) is 0 Å². The molecular weight excluding hydrogens is 450 g/mol. The van der Waals surface area contributed by atoms with Gasteiger partial charge >= 0.3 is 5.97 Å². The minimum Gasteiger partial charge on any atom is -0.480 e. The summed E-state index contributed by atoms with van der Waals surface area (Å²) in [4.78, 5) is 67.5. The molecule has 5 unspecified atom stereocenters. The molecule has 0 aliphatic carbocycles. The molecule has 1 aromatic rings. The Morgan fingerprint density at radius 1 is 1.00 bits per heavy atom. The molecule has 190 valence electrons. The Balaban J connectivity index is 2.99. The predicted octanol–water partition coefficient (Wildman–Crippen LogP) is -2.88. The fourth-order valence-electron chi connectivity index (χ4n) is 2.96. The largest absolute Gasteiger partial charge is 0.480 e. The van der Waals surface area contributed by atoms with E-state index in [1.54, 1.807) is 13.8 Å². The first-order valence-electron chi connectivity index (χ1n) is 10.6. The number of carboxylic acids is 1. The molecule has 5 atom stereocenters. The van der Waals surface area contributed by atoms with E-state index in [9.17, 15) is 34.2 Å². The van der Waals surface area contributed by atoms with E-state index in [0.29, 0.717) is 5.69 Å². The van der Waals surface area contributed by atoms with E-state index in [2.05, 4.69) is 25.9 Å². The first kappa shape index (κ1) is 28.5. The highest BCUT2D eigenvalue weighted by Crippen LogP contribution is 2.08. The topological polar surface area (TPSA) is 243 Å². The number of rotatable bonds is 14. The zero-order chi connectivity index (χ0) is 26.0. The first-order valence-corrected chi connectivity index (χ1v) is 10.6. The second-order valence-electron chi connectivity index (χ2n) is 8.37. The number of carbonyl (C=O) groups excluding carboxylic acids is 4. The number of nitrogens with one attached hydrogen (secondary N) is 4. The van der Waals surface area contributed by atoms with Gasteiger partial charge in [-0.1, -0.05) is 13.8 Å². The molecule has 0 saturated carbocycles. The number of nitrogens with zero attached hydrogens (tertiary/aromatic N) is 1. The van der Waals surface area contributed by atoms with Crippen LogP contribution >= 0.6 is 0 Å². The third-order valence-corrected chi connectivity index (χ3v) is 4.79. The number of carboxylic acid groups (broad SMARTS) is 1. The van der Waals surface area contributed by atoms with Crippen LogP contribution in [-0.4, -0.2) is 80.1 Å². The molecule has 1 aromatic heterocycles. The minimum absolute atomic E-state index is 0.0684. The fraction of sp³-hybridized carbons (Fsp3) is 0.600. The van der Waals surface area contributed by atoms with Gasteiger partial charge in [0.15, 0.2) is 0 Å². The summed E-state index contributed by atoms with van der Waals surface area (Å²) in [5.41, 5.74) is 11.2. The first-order chi connectivity index (χ1) is 15.8. The number of hydrogen-bond acceptors (Lipinski definition) is 8. The van der Waals surface area contributed by atoms with Gasteiger partial charge < -0.3 is 42.6 Å². The smallest absolute Gasteiger partial charge is 0.326 e. The molecule has 0 radical (unpaired) electrons. The maximum absolute atomic E-state index is 12.9. The molecule has 4 amide bonds. The molecule has 10 N–H and O–H groups in total. The van der Waals surface area contributed by atoms with Crippen LogP contribution in [0.2, 0.25) is 0 Å². The second-order valence-corrected chi connectivity index (χ2v) is 8.37. The Kier molecular flexibility index (Phi) is 11.1. The summed E-state index contributed by atoms with van der Waals surface area (Å²) in [5, 5.41) is 26.0. The van der Waals surface area contributed by atoms with Crippen molar-refractivity contribution in [3.05, 3.63) is 18.2 Å². The van der Waals surface area contributed by atoms with Gasteiger partial charge in [0, 0.05) is 18.3 Å². The Bertz CT molecular complexity index is 857. The fourth-order valence-corrected chi connectivity index (χ4v) is 2.96. The molecule has 0 saturated heterocycles. The quantitative estimate of drug-likeness (QED) is 0.135. The van der Waals surface area contributed by atoms with E-state index >= 15 is 0 Å². The third-order valence-electron chi connectivity index (χ3n) is 4.79. The summed E-state index contributed by atoms with van der Waals surface area (Å²) in [5.74, 6) is -4.83. The van der Waals surface area contributed by atoms with Gasteiger partial charge in [-0.3, -0.25) is 19.2 Å². The van der Waals surface area contributed by atoms with Crippen molar-refractivity contribution >= 4 is 29.6 Å². The molecule has 0 aromatic carbocycles. The summed E-state index contributed by atoms with van der Waals surface area (Å²) >= 11 is 0. The molecule has 34 heavy (non-hydrogen) atoms. The number of carbonyl (C=O) groups is 5. The summed E-state index contributed by atoms with van der Waals surface area (Å²) < 4.78 is 0. The Labute approximate surface area is 196 Å². The molecule has 0 aliphatic rings. The lowest BCUT2D eigenvalue weighted by molar-refractivity contribution is -0.142. The standard InChI is InChI=1S/C20H33N7O7/c1-9(2)4-12(17(30)27-14(20(33)34)5-11-7-23-8-24-11)25-18(31)13(6-15(21)29)26-19(32)16(22)10(3)28/h7-10,12-14,16,28H,4-6,22H2,1-3H3,(H2,21,29)(H,23,24)(H,25,31)(H,26,32)(H,27,30)(H,33,34). The molecule has 0 fully saturated rings. The molecule has 14 nitrogen and oxygen atoms in total. The van der Waals surface area contributed by atoms with Crippen LogP contribution in [0.25, 0.3) is 0 Å². The van der Waals surface area contributed by atoms with Gasteiger partial charge in [-0.05, 0) is 19.3 Å². The molecule has 1 rings (SSSR count). The van der Waals surface area contributed by atoms with E-state index in [0.717, 1.165) is 0 Å². The number of amides is 4. The lowest BCUT2D eigenvalue weighted by atomic mass is 10.0. The van der Waals surface area contributed by atoms with Crippen molar-refractivity contribution in [3.8, 4) is 0 Å². The molecular formula is C20H33N7O7. The van der Waals surface area contributed by atoms with Crippen molar-refractivity contribution in [1.29, 1.82) is 0 Å². The summed E-state index contributed by atoms with van der Waals surface area (Å²) in [7, 11) is 0. The Morgan fingerprint density at radius 2 is 1.56 bits per heavy atom. The number of H-pyrrole nitrogens is 1. The van der Waals surface area contributed by atoms with Gasteiger partial charge in [0.1, 0.15) is 24.2 Å². The van der Waals surface area contributed by atoms with Gasteiger partial charge in [-0.25, -0.2) is 9.78 Å². The molecule has 0 spiro atoms. The number of aromatic amines is 1. The van der Waals surface area contributed by atoms with E-state index in [4.69, 9.17) is 11.5 Å².